The monoisotopic (exact) mass is 752 g/mol. The van der Waals surface area contributed by atoms with Crippen LogP contribution in [0.5, 0.6) is 0 Å². The third-order valence-corrected chi connectivity index (χ3v) is 11.0. The predicted molar refractivity (Wildman–Crippen MR) is 215 cm³/mol. The van der Waals surface area contributed by atoms with Crippen molar-refractivity contribution >= 4 is 56.6 Å². The molecule has 2 aliphatic carbocycles. The summed E-state index contributed by atoms with van der Waals surface area (Å²) in [6.07, 6.45) is 11.5. The summed E-state index contributed by atoms with van der Waals surface area (Å²) in [5, 5.41) is 33.0. The second kappa shape index (κ2) is 13.9. The van der Waals surface area contributed by atoms with Gasteiger partial charge in [0.2, 0.25) is 11.8 Å². The molecule has 0 aliphatic heterocycles. The van der Waals surface area contributed by atoms with Crippen molar-refractivity contribution in [1.82, 2.24) is 29.9 Å². The molecule has 0 radical (unpaired) electrons. The highest BCUT2D eigenvalue weighted by molar-refractivity contribution is 6.00. The molecule has 0 saturated heterocycles. The average Bonchev–Trinajstić information content (AvgIpc) is 4.07. The molecule has 6 heterocycles. The van der Waals surface area contributed by atoms with Gasteiger partial charge in [0, 0.05) is 77.5 Å². The lowest BCUT2D eigenvalue weighted by Crippen LogP contribution is -2.26. The standard InChI is InChI=1S/C42H44N10O4/c1-21-6-8-44-17-27(21)33-11-24-13-36(52-40(54)26-15-32(26)42(4,5)56)47-20-30(24)38(50-33)48-16-22-7-9-45-18-28(22)34-10-23-12-35(46-19-29(23)37(43)49-34)51-39(53)25-14-31(25)41(2,3)55/h6-13,17-20,25-26,31-32,55-56H,14-16H2,1-5H3,(H2,43,49)(H,48,50)(H,46,51,53)(H,47,52,54)/t25-,26+,31-,32+/m1/s1. The van der Waals surface area contributed by atoms with Crippen LogP contribution in [0.3, 0.4) is 0 Å². The first-order chi connectivity index (χ1) is 26.6. The number of aryl methyl sites for hydroxylation is 1. The fourth-order valence-corrected chi connectivity index (χ4v) is 7.56. The highest BCUT2D eigenvalue weighted by Gasteiger charge is 2.52. The first-order valence-corrected chi connectivity index (χ1v) is 18.7. The highest BCUT2D eigenvalue weighted by Crippen LogP contribution is 2.47. The fraction of sp³-hybridized carbons (Fsp3) is 0.333. The zero-order valence-electron chi connectivity index (χ0n) is 31.8. The number of aromatic nitrogens is 6. The molecule has 4 atom stereocenters. The van der Waals surface area contributed by atoms with Crippen LogP contribution in [0, 0.1) is 30.6 Å². The van der Waals surface area contributed by atoms with E-state index in [1.54, 1.807) is 70.9 Å². The van der Waals surface area contributed by atoms with Crippen molar-refractivity contribution in [1.29, 1.82) is 0 Å². The first-order valence-electron chi connectivity index (χ1n) is 18.7. The molecule has 286 valence electrons. The Labute approximate surface area is 323 Å². The summed E-state index contributed by atoms with van der Waals surface area (Å²) in [6, 6.07) is 11.3. The average molecular weight is 753 g/mol. The summed E-state index contributed by atoms with van der Waals surface area (Å²) in [5.41, 5.74) is 9.40. The van der Waals surface area contributed by atoms with Crippen LogP contribution < -0.4 is 21.7 Å². The highest BCUT2D eigenvalue weighted by atomic mass is 16.3. The molecule has 7 N–H and O–H groups in total. The summed E-state index contributed by atoms with van der Waals surface area (Å²) in [6.45, 7) is 9.24. The molecule has 8 rings (SSSR count). The van der Waals surface area contributed by atoms with E-state index in [0.717, 1.165) is 38.4 Å². The third kappa shape index (κ3) is 7.45. The Morgan fingerprint density at radius 3 is 1.86 bits per heavy atom. The number of fused-ring (bicyclic) bond motifs is 2. The second-order valence-corrected chi connectivity index (χ2v) is 16.1. The van der Waals surface area contributed by atoms with Gasteiger partial charge in [-0.3, -0.25) is 19.6 Å². The summed E-state index contributed by atoms with van der Waals surface area (Å²) in [5.74, 6) is 0.609. The van der Waals surface area contributed by atoms with Crippen LogP contribution in [0.1, 0.15) is 51.7 Å². The lowest BCUT2D eigenvalue weighted by Gasteiger charge is -2.17. The Hall–Kier alpha value is -6.12. The van der Waals surface area contributed by atoms with E-state index in [2.05, 4.69) is 35.9 Å². The molecule has 6 aromatic rings. The number of carbonyl (C=O) groups is 2. The Morgan fingerprint density at radius 1 is 0.750 bits per heavy atom. The third-order valence-electron chi connectivity index (χ3n) is 11.0. The van der Waals surface area contributed by atoms with Gasteiger partial charge in [0.1, 0.15) is 23.3 Å². The molecule has 2 fully saturated rings. The number of nitrogens with zero attached hydrogens (tertiary/aromatic N) is 6. The van der Waals surface area contributed by atoms with Gasteiger partial charge in [-0.15, -0.1) is 0 Å². The number of pyridine rings is 6. The van der Waals surface area contributed by atoms with E-state index >= 15 is 0 Å². The molecule has 0 unspecified atom stereocenters. The van der Waals surface area contributed by atoms with E-state index in [-0.39, 0.29) is 41.3 Å². The number of nitrogen functional groups attached to an aromatic ring is 1. The van der Waals surface area contributed by atoms with Gasteiger partial charge in [-0.2, -0.15) is 0 Å². The molecule has 0 spiro atoms. The van der Waals surface area contributed by atoms with E-state index in [0.29, 0.717) is 53.6 Å². The van der Waals surface area contributed by atoms with Gasteiger partial charge in [-0.05, 0) is 118 Å². The number of rotatable bonds is 11. The minimum absolute atomic E-state index is 0.0918. The lowest BCUT2D eigenvalue weighted by molar-refractivity contribution is -0.119. The number of carbonyl (C=O) groups excluding carboxylic acids is 2. The molecule has 2 aliphatic rings. The molecule has 0 bridgehead atoms. The maximum Gasteiger partial charge on any atom is 0.229 e. The molecule has 14 heteroatoms. The van der Waals surface area contributed by atoms with E-state index in [4.69, 9.17) is 15.7 Å². The van der Waals surface area contributed by atoms with Crippen LogP contribution in [0.2, 0.25) is 0 Å². The number of nitrogens with two attached hydrogens (primary N) is 1. The summed E-state index contributed by atoms with van der Waals surface area (Å²) in [7, 11) is 0. The van der Waals surface area contributed by atoms with E-state index in [1.165, 1.54) is 0 Å². The van der Waals surface area contributed by atoms with Crippen LogP contribution in [-0.2, 0) is 16.1 Å². The second-order valence-electron chi connectivity index (χ2n) is 16.1. The minimum atomic E-state index is -0.924. The molecule has 0 aromatic carbocycles. The van der Waals surface area contributed by atoms with Crippen LogP contribution in [0.15, 0.2) is 73.6 Å². The van der Waals surface area contributed by atoms with Crippen molar-refractivity contribution in [2.45, 2.75) is 65.2 Å². The quantitative estimate of drug-likeness (QED) is 0.0914. The maximum absolute atomic E-state index is 13.1. The maximum atomic E-state index is 13.1. The van der Waals surface area contributed by atoms with Crippen molar-refractivity contribution in [3.63, 3.8) is 0 Å². The van der Waals surface area contributed by atoms with Gasteiger partial charge in [0.05, 0.1) is 22.6 Å². The van der Waals surface area contributed by atoms with Gasteiger partial charge >= 0.3 is 0 Å². The van der Waals surface area contributed by atoms with Gasteiger partial charge in [0.15, 0.2) is 0 Å². The molecule has 56 heavy (non-hydrogen) atoms. The fourth-order valence-electron chi connectivity index (χ4n) is 7.56. The van der Waals surface area contributed by atoms with Gasteiger partial charge < -0.3 is 31.9 Å². The topological polar surface area (TPSA) is 214 Å². The van der Waals surface area contributed by atoms with Crippen LogP contribution in [0.4, 0.5) is 23.3 Å². The van der Waals surface area contributed by atoms with Crippen LogP contribution in [0.25, 0.3) is 44.1 Å². The largest absolute Gasteiger partial charge is 0.390 e. The zero-order chi connectivity index (χ0) is 39.5. The molecule has 14 nitrogen and oxygen atoms in total. The van der Waals surface area contributed by atoms with Crippen molar-refractivity contribution < 1.29 is 19.8 Å². The van der Waals surface area contributed by atoms with Crippen molar-refractivity contribution in [2.75, 3.05) is 21.7 Å². The number of hydrogen-bond acceptors (Lipinski definition) is 12. The van der Waals surface area contributed by atoms with Crippen molar-refractivity contribution in [2.24, 2.45) is 23.7 Å². The number of nitrogens with one attached hydrogen (secondary N) is 3. The molecule has 2 amide bonds. The van der Waals surface area contributed by atoms with E-state index in [1.807, 2.05) is 37.3 Å². The Bertz CT molecular complexity index is 2530. The molecular formula is C42H44N10O4. The number of anilines is 4. The summed E-state index contributed by atoms with van der Waals surface area (Å²) < 4.78 is 0. The number of amides is 2. The smallest absolute Gasteiger partial charge is 0.229 e. The normalized spacial score (nSPS) is 19.1. The molecular weight excluding hydrogens is 709 g/mol. The van der Waals surface area contributed by atoms with Gasteiger partial charge in [-0.1, -0.05) is 0 Å². The van der Waals surface area contributed by atoms with E-state index in [9.17, 15) is 19.8 Å². The van der Waals surface area contributed by atoms with Crippen molar-refractivity contribution in [3.8, 4) is 22.5 Å². The summed E-state index contributed by atoms with van der Waals surface area (Å²) in [4.78, 5) is 53.4. The Morgan fingerprint density at radius 2 is 1.29 bits per heavy atom. The van der Waals surface area contributed by atoms with Crippen LogP contribution in [-0.4, -0.2) is 63.1 Å². The predicted octanol–water partition coefficient (Wildman–Crippen LogP) is 5.89. The number of hydrogen-bond donors (Lipinski definition) is 6. The Balaban J connectivity index is 1.08. The van der Waals surface area contributed by atoms with Gasteiger partial charge in [-0.25, -0.2) is 19.9 Å². The summed E-state index contributed by atoms with van der Waals surface area (Å²) >= 11 is 0. The Kier molecular flexibility index (Phi) is 9.12. The lowest BCUT2D eigenvalue weighted by atomic mass is 10.0. The van der Waals surface area contributed by atoms with E-state index < -0.39 is 11.2 Å². The molecule has 2 saturated carbocycles. The van der Waals surface area contributed by atoms with Gasteiger partial charge in [0.25, 0.3) is 0 Å². The number of aliphatic hydroxyl groups is 2. The SMILES string of the molecule is Cc1ccncc1-c1cc2cc(NC(=O)[C@H]3C[C@@H]3C(C)(C)O)ncc2c(NCc2ccncc2-c2cc3cc(NC(=O)[C@@H]4C[C@H]4C(C)(C)O)ncc3c(N)n2)n1. The van der Waals surface area contributed by atoms with Crippen LogP contribution >= 0.6 is 0 Å². The first kappa shape index (κ1) is 36.8. The minimum Gasteiger partial charge on any atom is -0.390 e. The molecule has 6 aromatic heterocycles. The van der Waals surface area contributed by atoms with Crippen molar-refractivity contribution in [3.05, 3.63) is 84.7 Å². The zero-order valence-corrected chi connectivity index (χ0v) is 31.8.